The van der Waals surface area contributed by atoms with E-state index in [1.165, 1.54) is 11.3 Å². The Bertz CT molecular complexity index is 1470. The van der Waals surface area contributed by atoms with E-state index in [4.69, 9.17) is 32.4 Å². The first-order chi connectivity index (χ1) is 17.3. The van der Waals surface area contributed by atoms with E-state index in [2.05, 4.69) is 15.3 Å². The number of carbonyl (C=O) groups is 2. The fraction of sp³-hybridized carbons (Fsp3) is 0.217. The van der Waals surface area contributed by atoms with Gasteiger partial charge >= 0.3 is 11.8 Å². The summed E-state index contributed by atoms with van der Waals surface area (Å²) >= 11 is 13.3. The molecule has 2 N–H and O–H groups in total. The van der Waals surface area contributed by atoms with E-state index >= 15 is 0 Å². The van der Waals surface area contributed by atoms with Crippen LogP contribution >= 0.6 is 34.5 Å². The van der Waals surface area contributed by atoms with Crippen molar-refractivity contribution in [3.63, 3.8) is 0 Å². The molecule has 0 atom stereocenters. The van der Waals surface area contributed by atoms with Crippen LogP contribution in [-0.2, 0) is 11.3 Å². The number of amides is 2. The molecule has 3 heterocycles. The summed E-state index contributed by atoms with van der Waals surface area (Å²) in [5, 5.41) is 6.08. The number of oxazole rings is 1. The maximum absolute atomic E-state index is 12.7. The minimum atomic E-state index is -0.558. The summed E-state index contributed by atoms with van der Waals surface area (Å²) < 4.78 is 10.4. The molecular formula is C23H19Cl2N5O5S. The van der Waals surface area contributed by atoms with Crippen LogP contribution in [0.25, 0.3) is 11.1 Å². The van der Waals surface area contributed by atoms with Crippen LogP contribution in [0, 0.1) is 0 Å². The Morgan fingerprint density at radius 1 is 1.11 bits per heavy atom. The molecule has 13 heteroatoms. The second-order valence-corrected chi connectivity index (χ2v) is 9.71. The molecular weight excluding hydrogens is 529 g/mol. The molecule has 2 amide bonds. The summed E-state index contributed by atoms with van der Waals surface area (Å²) in [6.07, 6.45) is -0.417. The molecule has 2 aromatic carbocycles. The van der Waals surface area contributed by atoms with Crippen LogP contribution in [0.5, 0.6) is 0 Å². The average Bonchev–Trinajstić information content (AvgIpc) is 3.48. The Balaban J connectivity index is 1.13. The van der Waals surface area contributed by atoms with E-state index in [9.17, 15) is 14.4 Å². The predicted octanol–water partition coefficient (Wildman–Crippen LogP) is 4.60. The van der Waals surface area contributed by atoms with Crippen LogP contribution in [0.2, 0.25) is 10.0 Å². The zero-order valence-corrected chi connectivity index (χ0v) is 21.0. The highest BCUT2D eigenvalue weighted by Crippen LogP contribution is 2.24. The van der Waals surface area contributed by atoms with Crippen molar-refractivity contribution < 1.29 is 18.7 Å². The second-order valence-electron chi connectivity index (χ2n) is 8.00. The summed E-state index contributed by atoms with van der Waals surface area (Å²) in [5.41, 5.74) is 2.37. The quantitative estimate of drug-likeness (QED) is 0.374. The third kappa shape index (κ3) is 5.48. The molecule has 0 saturated carbocycles. The van der Waals surface area contributed by atoms with E-state index in [1.54, 1.807) is 46.7 Å². The molecule has 1 aliphatic heterocycles. The number of hydrogen-bond acceptors (Lipinski definition) is 8. The predicted molar refractivity (Wildman–Crippen MR) is 137 cm³/mol. The standard InChI is InChI=1S/C23H19Cl2N5O5S/c24-14-7-13(8-15(25)9-14)11-34-23(33)30-5-3-29(4-6-30)21-27-18(12-36-21)20(31)26-16-1-2-17-19(10-16)35-22(32)28-17/h1-2,7-10,12H,3-6,11H2,(H,26,31)(H,28,32). The van der Waals surface area contributed by atoms with Crippen LogP contribution in [-0.4, -0.2) is 53.0 Å². The Morgan fingerprint density at radius 3 is 2.61 bits per heavy atom. The van der Waals surface area contributed by atoms with E-state index < -0.39 is 11.8 Å². The number of nitrogens with one attached hydrogen (secondary N) is 2. The Labute approximate surface area is 218 Å². The van der Waals surface area contributed by atoms with Gasteiger partial charge in [-0.2, -0.15) is 0 Å². The van der Waals surface area contributed by atoms with Gasteiger partial charge in [-0.1, -0.05) is 23.2 Å². The summed E-state index contributed by atoms with van der Waals surface area (Å²) in [5.74, 6) is -0.935. The van der Waals surface area contributed by atoms with Crippen molar-refractivity contribution in [2.75, 3.05) is 36.4 Å². The van der Waals surface area contributed by atoms with Gasteiger partial charge in [0, 0.05) is 53.4 Å². The van der Waals surface area contributed by atoms with E-state index in [0.717, 1.165) is 0 Å². The van der Waals surface area contributed by atoms with Gasteiger partial charge in [0.2, 0.25) is 0 Å². The lowest BCUT2D eigenvalue weighted by atomic mass is 10.2. The number of aromatic amines is 1. The third-order valence-corrected chi connectivity index (χ3v) is 6.83. The Kier molecular flexibility index (Phi) is 6.86. The number of halogens is 2. The highest BCUT2D eigenvalue weighted by molar-refractivity contribution is 7.14. The van der Waals surface area contributed by atoms with Gasteiger partial charge in [0.05, 0.1) is 5.52 Å². The number of fused-ring (bicyclic) bond motifs is 1. The number of H-pyrrole nitrogens is 1. The normalized spacial score (nSPS) is 13.7. The zero-order chi connectivity index (χ0) is 25.2. The van der Waals surface area contributed by atoms with Crippen LogP contribution in [0.15, 0.2) is 51.0 Å². The topological polar surface area (TPSA) is 121 Å². The molecule has 5 rings (SSSR count). The highest BCUT2D eigenvalue weighted by atomic mass is 35.5. The van der Waals surface area contributed by atoms with Gasteiger partial charge in [-0.15, -0.1) is 11.3 Å². The maximum atomic E-state index is 12.7. The molecule has 4 aromatic rings. The molecule has 0 aliphatic carbocycles. The molecule has 0 unspecified atom stereocenters. The number of hydrogen-bond donors (Lipinski definition) is 2. The second kappa shape index (κ2) is 10.2. The van der Waals surface area contributed by atoms with Gasteiger partial charge in [-0.05, 0) is 35.9 Å². The lowest BCUT2D eigenvalue weighted by Gasteiger charge is -2.33. The number of carbonyl (C=O) groups excluding carboxylic acids is 2. The summed E-state index contributed by atoms with van der Waals surface area (Å²) in [4.78, 5) is 47.1. The van der Waals surface area contributed by atoms with E-state index in [-0.39, 0.29) is 18.2 Å². The average molecular weight is 548 g/mol. The molecule has 2 aromatic heterocycles. The van der Waals surface area contributed by atoms with Crippen LogP contribution in [0.4, 0.5) is 15.6 Å². The van der Waals surface area contributed by atoms with Crippen molar-refractivity contribution in [2.24, 2.45) is 0 Å². The van der Waals surface area contributed by atoms with Crippen molar-refractivity contribution >= 4 is 68.5 Å². The molecule has 10 nitrogen and oxygen atoms in total. The van der Waals surface area contributed by atoms with Crippen LogP contribution in [0.3, 0.4) is 0 Å². The van der Waals surface area contributed by atoms with Crippen molar-refractivity contribution in [3.8, 4) is 0 Å². The maximum Gasteiger partial charge on any atom is 0.417 e. The summed E-state index contributed by atoms with van der Waals surface area (Å²) in [6, 6.07) is 9.90. The van der Waals surface area contributed by atoms with E-state index in [1.807, 2.05) is 4.90 Å². The molecule has 0 radical (unpaired) electrons. The Morgan fingerprint density at radius 2 is 1.86 bits per heavy atom. The van der Waals surface area contributed by atoms with Gasteiger partial charge in [-0.25, -0.2) is 14.6 Å². The number of benzene rings is 2. The zero-order valence-electron chi connectivity index (χ0n) is 18.6. The number of ether oxygens (including phenoxy) is 1. The van der Waals surface area contributed by atoms with Gasteiger partial charge in [-0.3, -0.25) is 9.78 Å². The Hall–Kier alpha value is -3.54. The first-order valence-electron chi connectivity index (χ1n) is 10.9. The first-order valence-corrected chi connectivity index (χ1v) is 12.5. The minimum Gasteiger partial charge on any atom is -0.445 e. The number of piperazine rings is 1. The lowest BCUT2D eigenvalue weighted by Crippen LogP contribution is -2.49. The molecule has 186 valence electrons. The SMILES string of the molecule is O=C(Nc1ccc2[nH]c(=O)oc2c1)c1csc(N2CCN(C(=O)OCc3cc(Cl)cc(Cl)c3)CC2)n1. The molecule has 1 fully saturated rings. The highest BCUT2D eigenvalue weighted by Gasteiger charge is 2.24. The lowest BCUT2D eigenvalue weighted by molar-refractivity contribution is 0.0941. The number of anilines is 2. The smallest absolute Gasteiger partial charge is 0.417 e. The van der Waals surface area contributed by atoms with Crippen molar-refractivity contribution in [1.29, 1.82) is 0 Å². The van der Waals surface area contributed by atoms with Gasteiger partial charge in [0.15, 0.2) is 10.7 Å². The van der Waals surface area contributed by atoms with Crippen LogP contribution < -0.4 is 16.0 Å². The van der Waals surface area contributed by atoms with Gasteiger partial charge in [0.1, 0.15) is 12.3 Å². The summed E-state index contributed by atoms with van der Waals surface area (Å²) in [6.45, 7) is 2.09. The fourth-order valence-electron chi connectivity index (χ4n) is 3.74. The number of thiazole rings is 1. The minimum absolute atomic E-state index is 0.0768. The first kappa shape index (κ1) is 24.2. The van der Waals surface area contributed by atoms with Crippen molar-refractivity contribution in [2.45, 2.75) is 6.61 Å². The van der Waals surface area contributed by atoms with Crippen LogP contribution in [0.1, 0.15) is 16.1 Å². The fourth-order valence-corrected chi connectivity index (χ4v) is 5.17. The number of nitrogens with zero attached hydrogens (tertiary/aromatic N) is 3. The largest absolute Gasteiger partial charge is 0.445 e. The molecule has 1 saturated heterocycles. The third-order valence-electron chi connectivity index (χ3n) is 5.50. The number of rotatable bonds is 5. The molecule has 0 spiro atoms. The summed E-state index contributed by atoms with van der Waals surface area (Å²) in [7, 11) is 0. The van der Waals surface area contributed by atoms with E-state index in [0.29, 0.717) is 63.7 Å². The molecule has 36 heavy (non-hydrogen) atoms. The van der Waals surface area contributed by atoms with Gasteiger partial charge in [0.25, 0.3) is 5.91 Å². The molecule has 1 aliphatic rings. The number of aromatic nitrogens is 2. The van der Waals surface area contributed by atoms with Crippen molar-refractivity contribution in [3.05, 3.63) is 73.6 Å². The monoisotopic (exact) mass is 547 g/mol. The van der Waals surface area contributed by atoms with Crippen molar-refractivity contribution in [1.82, 2.24) is 14.9 Å². The van der Waals surface area contributed by atoms with Gasteiger partial charge < -0.3 is 24.3 Å². The molecule has 0 bridgehead atoms.